The molecule has 2 unspecified atom stereocenters. The van der Waals surface area contributed by atoms with Crippen LogP contribution >= 0.6 is 0 Å². The highest BCUT2D eigenvalue weighted by atomic mass is 14.9. The highest BCUT2D eigenvalue weighted by molar-refractivity contribution is 5.25. The summed E-state index contributed by atoms with van der Waals surface area (Å²) in [4.78, 5) is 0. The molecular weight excluding hydrogens is 206 g/mol. The van der Waals surface area contributed by atoms with Crippen LogP contribution in [0.4, 0.5) is 0 Å². The number of hydrogen-bond acceptors (Lipinski definition) is 1. The first-order valence-corrected chi connectivity index (χ1v) is 7.00. The summed E-state index contributed by atoms with van der Waals surface area (Å²) < 4.78 is 0. The van der Waals surface area contributed by atoms with E-state index < -0.39 is 0 Å². The van der Waals surface area contributed by atoms with Crippen molar-refractivity contribution in [3.8, 4) is 0 Å². The van der Waals surface area contributed by atoms with Gasteiger partial charge in [-0.1, -0.05) is 50.1 Å². The fourth-order valence-corrected chi connectivity index (χ4v) is 2.23. The Hall–Kier alpha value is -0.820. The molecule has 1 nitrogen and oxygen atoms in total. The van der Waals surface area contributed by atoms with Crippen LogP contribution in [0.1, 0.15) is 50.3 Å². The summed E-state index contributed by atoms with van der Waals surface area (Å²) in [6.07, 6.45) is 4.05. The number of benzene rings is 1. The van der Waals surface area contributed by atoms with Gasteiger partial charge in [-0.05, 0) is 43.7 Å². The van der Waals surface area contributed by atoms with Crippen LogP contribution in [0.3, 0.4) is 0 Å². The average Bonchev–Trinajstić information content (AvgIpc) is 3.15. The molecule has 0 saturated heterocycles. The molecule has 0 radical (unpaired) electrons. The van der Waals surface area contributed by atoms with Crippen molar-refractivity contribution in [2.24, 2.45) is 11.8 Å². The molecule has 1 fully saturated rings. The number of nitrogens with one attached hydrogen (secondary N) is 1. The van der Waals surface area contributed by atoms with E-state index in [1.165, 1.54) is 30.4 Å². The van der Waals surface area contributed by atoms with Gasteiger partial charge in [-0.15, -0.1) is 0 Å². The van der Waals surface area contributed by atoms with E-state index in [0.717, 1.165) is 18.4 Å². The summed E-state index contributed by atoms with van der Waals surface area (Å²) in [6, 6.07) is 9.64. The van der Waals surface area contributed by atoms with Crippen molar-refractivity contribution in [3.63, 3.8) is 0 Å². The monoisotopic (exact) mass is 231 g/mol. The Kier molecular flexibility index (Phi) is 4.22. The summed E-state index contributed by atoms with van der Waals surface area (Å²) in [5.74, 6) is 1.66. The van der Waals surface area contributed by atoms with Crippen LogP contribution in [-0.2, 0) is 0 Å². The smallest absolute Gasteiger partial charge is 0.0348 e. The van der Waals surface area contributed by atoms with Gasteiger partial charge in [0.1, 0.15) is 0 Å². The summed E-state index contributed by atoms with van der Waals surface area (Å²) in [7, 11) is 0. The van der Waals surface area contributed by atoms with Gasteiger partial charge in [-0.2, -0.15) is 0 Å². The number of rotatable bonds is 6. The van der Waals surface area contributed by atoms with Crippen LogP contribution in [0.2, 0.25) is 0 Å². The summed E-state index contributed by atoms with van der Waals surface area (Å²) in [6.45, 7) is 7.89. The van der Waals surface area contributed by atoms with E-state index in [2.05, 4.69) is 50.4 Å². The predicted octanol–water partition coefficient (Wildman–Crippen LogP) is 4.08. The Morgan fingerprint density at radius 3 is 2.41 bits per heavy atom. The molecule has 1 saturated carbocycles. The summed E-state index contributed by atoms with van der Waals surface area (Å²) >= 11 is 0. The molecule has 2 atom stereocenters. The molecular formula is C16H25N. The SMILES string of the molecule is CCC(C)CNC(c1ccc(C)cc1)C1CC1. The largest absolute Gasteiger partial charge is 0.309 e. The second-order valence-corrected chi connectivity index (χ2v) is 5.65. The van der Waals surface area contributed by atoms with E-state index >= 15 is 0 Å². The van der Waals surface area contributed by atoms with Crippen molar-refractivity contribution in [1.29, 1.82) is 0 Å². The Labute approximate surface area is 106 Å². The molecule has 0 spiro atoms. The highest BCUT2D eigenvalue weighted by Crippen LogP contribution is 2.41. The van der Waals surface area contributed by atoms with Gasteiger partial charge >= 0.3 is 0 Å². The molecule has 1 aliphatic carbocycles. The standard InChI is InChI=1S/C16H25N/c1-4-12(2)11-17-16(15-9-10-15)14-7-5-13(3)6-8-14/h5-8,12,15-17H,4,9-11H2,1-3H3. The number of aryl methyl sites for hydroxylation is 1. The lowest BCUT2D eigenvalue weighted by Gasteiger charge is -2.21. The lowest BCUT2D eigenvalue weighted by atomic mass is 10.00. The van der Waals surface area contributed by atoms with Crippen molar-refractivity contribution in [2.45, 2.75) is 46.1 Å². The molecule has 94 valence electrons. The summed E-state index contributed by atoms with van der Waals surface area (Å²) in [5.41, 5.74) is 2.83. The molecule has 0 bridgehead atoms. The van der Waals surface area contributed by atoms with Crippen LogP contribution < -0.4 is 5.32 Å². The van der Waals surface area contributed by atoms with E-state index in [4.69, 9.17) is 0 Å². The maximum atomic E-state index is 3.77. The van der Waals surface area contributed by atoms with E-state index in [-0.39, 0.29) is 0 Å². The fourth-order valence-electron chi connectivity index (χ4n) is 2.23. The molecule has 0 aliphatic heterocycles. The predicted molar refractivity (Wildman–Crippen MR) is 74.1 cm³/mol. The van der Waals surface area contributed by atoms with E-state index in [1.807, 2.05) is 0 Å². The van der Waals surface area contributed by atoms with Crippen LogP contribution in [0.15, 0.2) is 24.3 Å². The molecule has 1 aromatic rings. The Morgan fingerprint density at radius 1 is 1.24 bits per heavy atom. The van der Waals surface area contributed by atoms with Gasteiger partial charge in [-0.25, -0.2) is 0 Å². The zero-order valence-electron chi connectivity index (χ0n) is 11.4. The van der Waals surface area contributed by atoms with Gasteiger partial charge in [0.25, 0.3) is 0 Å². The van der Waals surface area contributed by atoms with Crippen LogP contribution in [0.25, 0.3) is 0 Å². The first kappa shape index (κ1) is 12.6. The van der Waals surface area contributed by atoms with Gasteiger partial charge in [0, 0.05) is 6.04 Å². The molecule has 17 heavy (non-hydrogen) atoms. The normalized spacial score (nSPS) is 19.0. The van der Waals surface area contributed by atoms with Gasteiger partial charge in [0.2, 0.25) is 0 Å². The maximum Gasteiger partial charge on any atom is 0.0348 e. The molecule has 0 aromatic heterocycles. The van der Waals surface area contributed by atoms with E-state index in [0.29, 0.717) is 6.04 Å². The molecule has 1 heteroatoms. The van der Waals surface area contributed by atoms with Crippen molar-refractivity contribution < 1.29 is 0 Å². The van der Waals surface area contributed by atoms with Gasteiger partial charge in [0.05, 0.1) is 0 Å². The van der Waals surface area contributed by atoms with E-state index in [9.17, 15) is 0 Å². The third kappa shape index (κ3) is 3.57. The van der Waals surface area contributed by atoms with E-state index in [1.54, 1.807) is 0 Å². The average molecular weight is 231 g/mol. The first-order chi connectivity index (χ1) is 8.20. The number of hydrogen-bond donors (Lipinski definition) is 1. The molecule has 0 amide bonds. The van der Waals surface area contributed by atoms with Gasteiger partial charge in [-0.3, -0.25) is 0 Å². The third-order valence-corrected chi connectivity index (χ3v) is 3.91. The molecule has 1 aromatic carbocycles. The Balaban J connectivity index is 1.99. The lowest BCUT2D eigenvalue weighted by molar-refractivity contribution is 0.417. The first-order valence-electron chi connectivity index (χ1n) is 7.00. The quantitative estimate of drug-likeness (QED) is 0.778. The minimum atomic E-state index is 0.588. The van der Waals surface area contributed by atoms with Crippen LogP contribution in [-0.4, -0.2) is 6.54 Å². The lowest BCUT2D eigenvalue weighted by Crippen LogP contribution is -2.27. The van der Waals surface area contributed by atoms with Crippen molar-refractivity contribution in [1.82, 2.24) is 5.32 Å². The molecule has 0 heterocycles. The third-order valence-electron chi connectivity index (χ3n) is 3.91. The van der Waals surface area contributed by atoms with Crippen molar-refractivity contribution >= 4 is 0 Å². The zero-order valence-corrected chi connectivity index (χ0v) is 11.4. The minimum Gasteiger partial charge on any atom is -0.309 e. The molecule has 2 rings (SSSR count). The second-order valence-electron chi connectivity index (χ2n) is 5.65. The Bertz CT molecular complexity index is 337. The fraction of sp³-hybridized carbons (Fsp3) is 0.625. The highest BCUT2D eigenvalue weighted by Gasteiger charge is 2.31. The van der Waals surface area contributed by atoms with Gasteiger partial charge < -0.3 is 5.32 Å². The maximum absolute atomic E-state index is 3.77. The topological polar surface area (TPSA) is 12.0 Å². The minimum absolute atomic E-state index is 0.588. The van der Waals surface area contributed by atoms with Crippen molar-refractivity contribution in [2.75, 3.05) is 6.54 Å². The second kappa shape index (κ2) is 5.68. The summed E-state index contributed by atoms with van der Waals surface area (Å²) in [5, 5.41) is 3.77. The van der Waals surface area contributed by atoms with Gasteiger partial charge in [0.15, 0.2) is 0 Å². The Morgan fingerprint density at radius 2 is 1.88 bits per heavy atom. The molecule has 1 N–H and O–H groups in total. The molecule has 1 aliphatic rings. The van der Waals surface area contributed by atoms with Crippen LogP contribution in [0.5, 0.6) is 0 Å². The van der Waals surface area contributed by atoms with Crippen molar-refractivity contribution in [3.05, 3.63) is 35.4 Å². The zero-order chi connectivity index (χ0) is 12.3. The van der Waals surface area contributed by atoms with Crippen LogP contribution in [0, 0.1) is 18.8 Å².